The van der Waals surface area contributed by atoms with Gasteiger partial charge in [0.05, 0.1) is 18.3 Å². The van der Waals surface area contributed by atoms with Crippen LogP contribution in [0.2, 0.25) is 0 Å². The van der Waals surface area contributed by atoms with Gasteiger partial charge in [0, 0.05) is 37.2 Å². The van der Waals surface area contributed by atoms with Crippen molar-refractivity contribution >= 4 is 34.1 Å². The molecular weight excluding hydrogens is 398 g/mol. The molecule has 1 N–H and O–H groups in total. The topological polar surface area (TPSA) is 82.0 Å². The van der Waals surface area contributed by atoms with Crippen LogP contribution in [0.3, 0.4) is 0 Å². The molecular formula is C23H23N3O5. The van der Waals surface area contributed by atoms with Crippen LogP contribution < -0.4 is 24.4 Å². The Morgan fingerprint density at radius 1 is 1.10 bits per heavy atom. The number of benzene rings is 2. The van der Waals surface area contributed by atoms with Gasteiger partial charge >= 0.3 is 0 Å². The van der Waals surface area contributed by atoms with Crippen LogP contribution in [-0.2, 0) is 11.8 Å². The van der Waals surface area contributed by atoms with Crippen LogP contribution in [0.4, 0.5) is 11.4 Å². The molecule has 3 aromatic rings. The lowest BCUT2D eigenvalue weighted by atomic mass is 10.2. The first kappa shape index (κ1) is 19.3. The number of ether oxygens (including phenoxy) is 3. The van der Waals surface area contributed by atoms with E-state index in [0.29, 0.717) is 60.5 Å². The van der Waals surface area contributed by atoms with Crippen molar-refractivity contribution in [1.29, 1.82) is 0 Å². The Morgan fingerprint density at radius 3 is 2.65 bits per heavy atom. The minimum atomic E-state index is -0.302. The van der Waals surface area contributed by atoms with E-state index in [1.54, 1.807) is 30.2 Å². The molecule has 0 aliphatic carbocycles. The molecule has 0 saturated carbocycles. The molecule has 0 spiro atoms. The summed E-state index contributed by atoms with van der Waals surface area (Å²) in [5.41, 5.74) is 2.49. The number of methoxy groups -OCH3 is 1. The van der Waals surface area contributed by atoms with Gasteiger partial charge in [-0.25, -0.2) is 0 Å². The number of rotatable bonds is 4. The maximum Gasteiger partial charge on any atom is 0.274 e. The van der Waals surface area contributed by atoms with E-state index >= 15 is 0 Å². The highest BCUT2D eigenvalue weighted by molar-refractivity contribution is 6.17. The molecule has 2 aliphatic heterocycles. The van der Waals surface area contributed by atoms with Gasteiger partial charge in [0.25, 0.3) is 5.91 Å². The monoisotopic (exact) mass is 421 g/mol. The minimum absolute atomic E-state index is 0.0173. The Hall–Kier alpha value is -3.68. The average Bonchev–Trinajstić information content (AvgIpc) is 3.33. The quantitative estimate of drug-likeness (QED) is 0.699. The standard InChI is InChI=1S/C23H23N3O5/c1-25-17-7-6-15(29-2)13-16(17)21(26-9-3-4-20(26)27)22(25)23(28)24-14-5-8-18-19(12-14)31-11-10-30-18/h5-8,12-13H,3-4,9-11H2,1-2H3,(H,24,28). The number of aryl methyl sites for hydroxylation is 1. The van der Waals surface area contributed by atoms with Crippen molar-refractivity contribution < 1.29 is 23.8 Å². The van der Waals surface area contributed by atoms with Crippen molar-refractivity contribution in [2.75, 3.05) is 37.1 Å². The highest BCUT2D eigenvalue weighted by atomic mass is 16.6. The van der Waals surface area contributed by atoms with Gasteiger partial charge in [-0.05, 0) is 36.8 Å². The molecule has 0 radical (unpaired) electrons. The van der Waals surface area contributed by atoms with Crippen LogP contribution >= 0.6 is 0 Å². The van der Waals surface area contributed by atoms with E-state index in [9.17, 15) is 9.59 Å². The van der Waals surface area contributed by atoms with E-state index in [1.807, 2.05) is 29.8 Å². The Kier molecular flexibility index (Phi) is 4.69. The Bertz CT molecular complexity index is 1200. The summed E-state index contributed by atoms with van der Waals surface area (Å²) in [5.74, 6) is 1.64. The number of hydrogen-bond donors (Lipinski definition) is 1. The Balaban J connectivity index is 1.59. The second-order valence-corrected chi connectivity index (χ2v) is 7.60. The molecule has 5 rings (SSSR count). The van der Waals surface area contributed by atoms with Gasteiger partial charge in [-0.2, -0.15) is 0 Å². The Morgan fingerprint density at radius 2 is 1.90 bits per heavy atom. The van der Waals surface area contributed by atoms with Gasteiger partial charge in [0.2, 0.25) is 5.91 Å². The zero-order valence-electron chi connectivity index (χ0n) is 17.4. The van der Waals surface area contributed by atoms with E-state index in [-0.39, 0.29) is 11.8 Å². The summed E-state index contributed by atoms with van der Waals surface area (Å²) in [7, 11) is 3.43. The first-order valence-electron chi connectivity index (χ1n) is 10.2. The number of carbonyl (C=O) groups excluding carboxylic acids is 2. The first-order chi connectivity index (χ1) is 15.1. The maximum absolute atomic E-state index is 13.4. The van der Waals surface area contributed by atoms with Crippen molar-refractivity contribution in [3.63, 3.8) is 0 Å². The van der Waals surface area contributed by atoms with Gasteiger partial charge in [0.15, 0.2) is 11.5 Å². The van der Waals surface area contributed by atoms with Gasteiger partial charge in [-0.3, -0.25) is 9.59 Å². The largest absolute Gasteiger partial charge is 0.497 e. The molecule has 2 aromatic carbocycles. The fourth-order valence-corrected chi connectivity index (χ4v) is 4.26. The fourth-order valence-electron chi connectivity index (χ4n) is 4.26. The molecule has 8 nitrogen and oxygen atoms in total. The number of anilines is 2. The molecule has 31 heavy (non-hydrogen) atoms. The number of aromatic nitrogens is 1. The van der Waals surface area contributed by atoms with Crippen molar-refractivity contribution in [3.05, 3.63) is 42.1 Å². The highest BCUT2D eigenvalue weighted by Crippen LogP contribution is 2.39. The van der Waals surface area contributed by atoms with E-state index in [1.165, 1.54) is 0 Å². The molecule has 2 amide bonds. The second kappa shape index (κ2) is 7.54. The number of nitrogens with one attached hydrogen (secondary N) is 1. The molecule has 160 valence electrons. The number of amides is 2. The summed E-state index contributed by atoms with van der Waals surface area (Å²) in [4.78, 5) is 27.7. The smallest absolute Gasteiger partial charge is 0.274 e. The second-order valence-electron chi connectivity index (χ2n) is 7.60. The van der Waals surface area contributed by atoms with Gasteiger partial charge in [-0.15, -0.1) is 0 Å². The molecule has 0 bridgehead atoms. The van der Waals surface area contributed by atoms with Crippen LogP contribution in [0.25, 0.3) is 10.9 Å². The van der Waals surface area contributed by atoms with Crippen LogP contribution in [0.15, 0.2) is 36.4 Å². The summed E-state index contributed by atoms with van der Waals surface area (Å²) in [6, 6.07) is 10.9. The highest BCUT2D eigenvalue weighted by Gasteiger charge is 2.31. The molecule has 0 atom stereocenters. The number of nitrogens with zero attached hydrogens (tertiary/aromatic N) is 2. The summed E-state index contributed by atoms with van der Waals surface area (Å²) in [5, 5.41) is 3.76. The van der Waals surface area contributed by atoms with Crippen LogP contribution in [0.1, 0.15) is 23.3 Å². The third kappa shape index (κ3) is 3.24. The summed E-state index contributed by atoms with van der Waals surface area (Å²) in [6.07, 6.45) is 1.24. The normalized spacial score (nSPS) is 15.4. The molecule has 1 saturated heterocycles. The molecule has 0 unspecified atom stereocenters. The lowest BCUT2D eigenvalue weighted by Gasteiger charge is -2.20. The number of carbonyl (C=O) groups is 2. The average molecular weight is 421 g/mol. The SMILES string of the molecule is COc1ccc2c(c1)c(N1CCCC1=O)c(C(=O)Nc1ccc3c(c1)OCCO3)n2C. The predicted octanol–water partition coefficient (Wildman–Crippen LogP) is 3.34. The molecule has 1 fully saturated rings. The van der Waals surface area contributed by atoms with E-state index in [4.69, 9.17) is 14.2 Å². The molecule has 3 heterocycles. The van der Waals surface area contributed by atoms with Gasteiger partial charge in [0.1, 0.15) is 24.7 Å². The third-order valence-corrected chi connectivity index (χ3v) is 5.74. The lowest BCUT2D eigenvalue weighted by Crippen LogP contribution is -2.27. The maximum atomic E-state index is 13.4. The van der Waals surface area contributed by atoms with E-state index in [2.05, 4.69) is 5.32 Å². The lowest BCUT2D eigenvalue weighted by molar-refractivity contribution is -0.117. The van der Waals surface area contributed by atoms with Crippen LogP contribution in [0, 0.1) is 0 Å². The van der Waals surface area contributed by atoms with Crippen molar-refractivity contribution in [1.82, 2.24) is 4.57 Å². The third-order valence-electron chi connectivity index (χ3n) is 5.74. The molecule has 1 aromatic heterocycles. The molecule has 8 heteroatoms. The summed E-state index contributed by atoms with van der Waals surface area (Å²) >= 11 is 0. The minimum Gasteiger partial charge on any atom is -0.497 e. The van der Waals surface area contributed by atoms with Gasteiger partial charge < -0.3 is 29.0 Å². The van der Waals surface area contributed by atoms with Crippen LogP contribution in [0.5, 0.6) is 17.2 Å². The predicted molar refractivity (Wildman–Crippen MR) is 116 cm³/mol. The van der Waals surface area contributed by atoms with Crippen molar-refractivity contribution in [2.24, 2.45) is 7.05 Å². The van der Waals surface area contributed by atoms with Crippen molar-refractivity contribution in [3.8, 4) is 17.2 Å². The fraction of sp³-hybridized carbons (Fsp3) is 0.304. The number of fused-ring (bicyclic) bond motifs is 2. The first-order valence-corrected chi connectivity index (χ1v) is 10.2. The van der Waals surface area contributed by atoms with E-state index < -0.39 is 0 Å². The van der Waals surface area contributed by atoms with Crippen LogP contribution in [-0.4, -0.2) is 43.2 Å². The zero-order chi connectivity index (χ0) is 21.5. The van der Waals surface area contributed by atoms with E-state index in [0.717, 1.165) is 17.3 Å². The van der Waals surface area contributed by atoms with Crippen molar-refractivity contribution in [2.45, 2.75) is 12.8 Å². The summed E-state index contributed by atoms with van der Waals surface area (Å²) in [6.45, 7) is 1.56. The Labute approximate surface area is 179 Å². The zero-order valence-corrected chi connectivity index (χ0v) is 17.4. The molecule has 2 aliphatic rings. The summed E-state index contributed by atoms with van der Waals surface area (Å²) < 4.78 is 18.4. The number of hydrogen-bond acceptors (Lipinski definition) is 5. The van der Waals surface area contributed by atoms with Gasteiger partial charge in [-0.1, -0.05) is 0 Å².